The lowest BCUT2D eigenvalue weighted by Gasteiger charge is -2.28. The Morgan fingerprint density at radius 1 is 1.39 bits per heavy atom. The van der Waals surface area contributed by atoms with E-state index >= 15 is 0 Å². The fraction of sp³-hybridized carbons (Fsp3) is 0.409. The minimum atomic E-state index is -0.775. The van der Waals surface area contributed by atoms with Gasteiger partial charge in [-0.3, -0.25) is 4.90 Å². The number of halogens is 2. The number of benzene rings is 1. The van der Waals surface area contributed by atoms with Gasteiger partial charge in [-0.1, -0.05) is 11.6 Å². The van der Waals surface area contributed by atoms with Crippen molar-refractivity contribution in [3.63, 3.8) is 0 Å². The molecule has 0 aliphatic carbocycles. The van der Waals surface area contributed by atoms with Gasteiger partial charge < -0.3 is 14.5 Å². The van der Waals surface area contributed by atoms with E-state index in [1.54, 1.807) is 12.1 Å². The van der Waals surface area contributed by atoms with Crippen molar-refractivity contribution in [3.8, 4) is 29.1 Å². The molecular weight excluding hydrogens is 421 g/mol. The number of fused-ring (bicyclic) bond motifs is 1. The average molecular weight is 444 g/mol. The Kier molecular flexibility index (Phi) is 6.25. The van der Waals surface area contributed by atoms with Gasteiger partial charge >= 0.3 is 6.01 Å². The summed E-state index contributed by atoms with van der Waals surface area (Å²) in [5, 5.41) is 10.5. The number of rotatable bonds is 6. The van der Waals surface area contributed by atoms with E-state index in [4.69, 9.17) is 21.1 Å². The van der Waals surface area contributed by atoms with Crippen molar-refractivity contribution < 1.29 is 13.9 Å². The number of H-pyrrole nitrogens is 1. The Bertz CT molecular complexity index is 1140. The summed E-state index contributed by atoms with van der Waals surface area (Å²) in [5.41, 5.74) is 3.13. The first-order valence-electron chi connectivity index (χ1n) is 10.1. The van der Waals surface area contributed by atoms with Crippen molar-refractivity contribution in [1.82, 2.24) is 19.9 Å². The minimum Gasteiger partial charge on any atom is -0.495 e. The largest absolute Gasteiger partial charge is 0.495 e. The third kappa shape index (κ3) is 4.43. The molecule has 7 nitrogen and oxygen atoms in total. The number of hydrogen-bond donors (Lipinski definition) is 1. The summed E-state index contributed by atoms with van der Waals surface area (Å²) in [6.45, 7) is 4.20. The molecule has 0 amide bonds. The van der Waals surface area contributed by atoms with E-state index in [1.807, 2.05) is 13.1 Å². The highest BCUT2D eigenvalue weighted by molar-refractivity contribution is 6.33. The predicted octanol–water partition coefficient (Wildman–Crippen LogP) is 4.28. The Labute approximate surface area is 184 Å². The molecule has 0 spiro atoms. The van der Waals surface area contributed by atoms with Crippen LogP contribution in [-0.4, -0.2) is 59.4 Å². The molecule has 1 saturated heterocycles. The molecule has 162 valence electrons. The smallest absolute Gasteiger partial charge is 0.319 e. The van der Waals surface area contributed by atoms with Gasteiger partial charge in [-0.2, -0.15) is 15.2 Å². The maximum Gasteiger partial charge on any atom is 0.319 e. The van der Waals surface area contributed by atoms with Gasteiger partial charge in [0, 0.05) is 30.2 Å². The number of likely N-dealkylation sites (tertiary alicyclic amines) is 1. The zero-order valence-corrected chi connectivity index (χ0v) is 18.2. The van der Waals surface area contributed by atoms with Gasteiger partial charge in [-0.15, -0.1) is 0 Å². The molecular formula is C22H23ClFN5O2. The monoisotopic (exact) mass is 443 g/mol. The number of aromatic nitrogens is 3. The molecule has 1 N–H and O–H groups in total. The zero-order chi connectivity index (χ0) is 22.0. The minimum absolute atomic E-state index is 0.206. The highest BCUT2D eigenvalue weighted by atomic mass is 35.5. The summed E-state index contributed by atoms with van der Waals surface area (Å²) in [4.78, 5) is 14.3. The Morgan fingerprint density at radius 2 is 2.23 bits per heavy atom. The summed E-state index contributed by atoms with van der Waals surface area (Å²) in [6, 6.07) is 5.55. The Morgan fingerprint density at radius 3 is 2.97 bits per heavy atom. The molecule has 0 bridgehead atoms. The number of nitriles is 1. The normalized spacial score (nSPS) is 16.9. The number of aryl methyl sites for hydroxylation is 1. The second-order valence-electron chi connectivity index (χ2n) is 7.58. The molecule has 1 unspecified atom stereocenters. The van der Waals surface area contributed by atoms with Crippen LogP contribution in [0.15, 0.2) is 18.3 Å². The van der Waals surface area contributed by atoms with Crippen molar-refractivity contribution in [2.75, 3.05) is 33.4 Å². The molecule has 1 aliphatic heterocycles. The van der Waals surface area contributed by atoms with Crippen LogP contribution in [0.5, 0.6) is 11.8 Å². The van der Waals surface area contributed by atoms with E-state index in [-0.39, 0.29) is 6.01 Å². The van der Waals surface area contributed by atoms with Crippen molar-refractivity contribution in [2.45, 2.75) is 25.9 Å². The first-order chi connectivity index (χ1) is 15.0. The van der Waals surface area contributed by atoms with Crippen LogP contribution in [0.2, 0.25) is 5.02 Å². The van der Waals surface area contributed by atoms with Crippen molar-refractivity contribution in [1.29, 1.82) is 5.26 Å². The summed E-state index contributed by atoms with van der Waals surface area (Å²) in [7, 11) is 1.50. The van der Waals surface area contributed by atoms with Crippen molar-refractivity contribution in [3.05, 3.63) is 34.5 Å². The van der Waals surface area contributed by atoms with Gasteiger partial charge in [-0.05, 0) is 44.0 Å². The number of nitrogens with one attached hydrogen (secondary N) is 1. The highest BCUT2D eigenvalue weighted by Gasteiger charge is 2.21. The molecule has 9 heteroatoms. The average Bonchev–Trinajstić information content (AvgIpc) is 3.14. The predicted molar refractivity (Wildman–Crippen MR) is 116 cm³/mol. The molecule has 1 atom stereocenters. The molecule has 0 saturated carbocycles. The number of nitrogens with zero attached hydrogens (tertiary/aromatic N) is 4. The third-order valence-electron chi connectivity index (χ3n) is 5.46. The van der Waals surface area contributed by atoms with E-state index in [9.17, 15) is 9.65 Å². The molecule has 3 aromatic rings. The van der Waals surface area contributed by atoms with Crippen LogP contribution in [0.1, 0.15) is 24.0 Å². The molecule has 4 rings (SSSR count). The molecule has 1 aromatic carbocycles. The molecule has 31 heavy (non-hydrogen) atoms. The maximum absolute atomic E-state index is 13.6. The zero-order valence-electron chi connectivity index (χ0n) is 17.4. The number of aromatic amines is 1. The number of piperidine rings is 1. The summed E-state index contributed by atoms with van der Waals surface area (Å²) in [6.07, 6.45) is 2.55. The van der Waals surface area contributed by atoms with Gasteiger partial charge in [-0.25, -0.2) is 4.39 Å². The van der Waals surface area contributed by atoms with Crippen LogP contribution in [0.25, 0.3) is 22.3 Å². The lowest BCUT2D eigenvalue weighted by Crippen LogP contribution is -2.38. The third-order valence-corrected chi connectivity index (χ3v) is 5.77. The van der Waals surface area contributed by atoms with E-state index < -0.39 is 6.17 Å². The Balaban J connectivity index is 1.66. The number of hydrogen-bond acceptors (Lipinski definition) is 6. The van der Waals surface area contributed by atoms with Gasteiger partial charge in [0.15, 0.2) is 0 Å². The fourth-order valence-electron chi connectivity index (χ4n) is 3.89. The van der Waals surface area contributed by atoms with Crippen LogP contribution >= 0.6 is 11.6 Å². The van der Waals surface area contributed by atoms with E-state index in [2.05, 4.69) is 25.9 Å². The second-order valence-corrected chi connectivity index (χ2v) is 7.99. The summed E-state index contributed by atoms with van der Waals surface area (Å²) >= 11 is 6.50. The van der Waals surface area contributed by atoms with Crippen LogP contribution < -0.4 is 9.47 Å². The first-order valence-corrected chi connectivity index (χ1v) is 10.5. The number of methoxy groups -OCH3 is 1. The van der Waals surface area contributed by atoms with Crippen molar-refractivity contribution >= 4 is 22.6 Å². The topological polar surface area (TPSA) is 87.1 Å². The SMILES string of the molecule is COc1cc(-c2nc(OCCN3CCCC(F)C3)nc3[nH]cc(C)c23)c(Cl)cc1C#N. The molecule has 0 radical (unpaired) electrons. The Hall–Kier alpha value is -2.89. The van der Waals surface area contributed by atoms with E-state index in [0.717, 1.165) is 23.9 Å². The van der Waals surface area contributed by atoms with E-state index in [1.165, 1.54) is 7.11 Å². The lowest BCUT2D eigenvalue weighted by molar-refractivity contribution is 0.119. The van der Waals surface area contributed by atoms with Gasteiger partial charge in [0.05, 0.1) is 23.4 Å². The van der Waals surface area contributed by atoms with Crippen LogP contribution in [0.4, 0.5) is 4.39 Å². The lowest BCUT2D eigenvalue weighted by atomic mass is 10.0. The van der Waals surface area contributed by atoms with Crippen LogP contribution in [0.3, 0.4) is 0 Å². The standard InChI is InChI=1S/C22H23ClFN5O2/c1-13-11-26-21-19(13)20(16-9-18(30-2)14(10-25)8-17(16)23)27-22(28-21)31-7-6-29-5-3-4-15(24)12-29/h8-9,11,15H,3-7,12H2,1-2H3,(H,26,27,28). The van der Waals surface area contributed by atoms with Crippen molar-refractivity contribution in [2.24, 2.45) is 0 Å². The second kappa shape index (κ2) is 9.08. The quantitative estimate of drug-likeness (QED) is 0.611. The van der Waals surface area contributed by atoms with E-state index in [0.29, 0.717) is 59.4 Å². The maximum atomic E-state index is 13.6. The number of alkyl halides is 1. The van der Waals surface area contributed by atoms with Gasteiger partial charge in [0.2, 0.25) is 0 Å². The molecule has 3 heterocycles. The number of ether oxygens (including phenoxy) is 2. The molecule has 1 aliphatic rings. The van der Waals surface area contributed by atoms with Crippen LogP contribution in [0, 0.1) is 18.3 Å². The fourth-order valence-corrected chi connectivity index (χ4v) is 4.14. The summed E-state index contributed by atoms with van der Waals surface area (Å²) in [5.74, 6) is 0.412. The van der Waals surface area contributed by atoms with Crippen LogP contribution in [-0.2, 0) is 0 Å². The molecule has 2 aromatic heterocycles. The summed E-state index contributed by atoms with van der Waals surface area (Å²) < 4.78 is 24.8. The van der Waals surface area contributed by atoms with Gasteiger partial charge in [0.1, 0.15) is 30.2 Å². The highest BCUT2D eigenvalue weighted by Crippen LogP contribution is 2.38. The van der Waals surface area contributed by atoms with Gasteiger partial charge in [0.25, 0.3) is 0 Å². The molecule has 1 fully saturated rings. The first kappa shape index (κ1) is 21.3.